The summed E-state index contributed by atoms with van der Waals surface area (Å²) < 4.78 is 5.42. The number of nitrogens with one attached hydrogen (secondary N) is 3. The number of carbonyl (C=O) groups is 3. The molecule has 5 rings (SSSR count). The molecule has 2 aromatic rings. The zero-order chi connectivity index (χ0) is 30.2. The van der Waals surface area contributed by atoms with Crippen molar-refractivity contribution in [2.24, 2.45) is 5.73 Å². The number of piperidine rings is 1. The first kappa shape index (κ1) is 29.3. The average molecular weight is 576 g/mol. The molecule has 3 amide bonds. The minimum atomic E-state index is -0.658. The maximum Gasteiger partial charge on any atom is 0.407 e. The lowest BCUT2D eigenvalue weighted by molar-refractivity contribution is -0.121. The first-order valence-electron chi connectivity index (χ1n) is 14.7. The van der Waals surface area contributed by atoms with E-state index in [1.165, 1.54) is 6.20 Å². The Morgan fingerprint density at radius 2 is 1.90 bits per heavy atom. The van der Waals surface area contributed by atoms with Crippen molar-refractivity contribution in [3.05, 3.63) is 41.6 Å². The van der Waals surface area contributed by atoms with Gasteiger partial charge in [-0.25, -0.2) is 9.78 Å². The number of nitrogens with two attached hydrogens (primary N) is 1. The maximum atomic E-state index is 13.3. The number of nitrogens with zero attached hydrogens (tertiary/aromatic N) is 3. The summed E-state index contributed by atoms with van der Waals surface area (Å²) in [4.78, 5) is 49.2. The Balaban J connectivity index is 1.45. The smallest absolute Gasteiger partial charge is 0.407 e. The Morgan fingerprint density at radius 3 is 2.57 bits per heavy atom. The monoisotopic (exact) mass is 575 g/mol. The van der Waals surface area contributed by atoms with Crippen LogP contribution in [-0.4, -0.2) is 52.6 Å². The van der Waals surface area contributed by atoms with Crippen molar-refractivity contribution in [2.45, 2.75) is 89.7 Å². The van der Waals surface area contributed by atoms with Gasteiger partial charge in [-0.05, 0) is 76.6 Å². The minimum Gasteiger partial charge on any atom is -0.444 e. The minimum absolute atomic E-state index is 0.0404. The van der Waals surface area contributed by atoms with Gasteiger partial charge in [-0.2, -0.15) is 4.98 Å². The van der Waals surface area contributed by atoms with Crippen LogP contribution in [0.15, 0.2) is 24.9 Å². The van der Waals surface area contributed by atoms with E-state index in [9.17, 15) is 14.4 Å². The van der Waals surface area contributed by atoms with Gasteiger partial charge in [0.2, 0.25) is 11.9 Å². The lowest BCUT2D eigenvalue weighted by Gasteiger charge is -2.33. The summed E-state index contributed by atoms with van der Waals surface area (Å²) in [6.07, 6.45) is 7.28. The first-order valence-corrected chi connectivity index (χ1v) is 14.7. The van der Waals surface area contributed by atoms with E-state index >= 15 is 0 Å². The number of hydrogen-bond donors (Lipinski definition) is 4. The Labute approximate surface area is 246 Å². The van der Waals surface area contributed by atoms with E-state index in [4.69, 9.17) is 15.5 Å². The van der Waals surface area contributed by atoms with Gasteiger partial charge in [0.15, 0.2) is 0 Å². The fourth-order valence-electron chi connectivity index (χ4n) is 6.26. The molecule has 1 aromatic heterocycles. The number of anilines is 4. The molecule has 224 valence electrons. The highest BCUT2D eigenvalue weighted by Gasteiger charge is 2.48. The number of primary amides is 1. The molecule has 11 heteroatoms. The van der Waals surface area contributed by atoms with Gasteiger partial charge in [0.25, 0.3) is 5.91 Å². The summed E-state index contributed by atoms with van der Waals surface area (Å²) in [7, 11) is 0. The molecule has 2 aliphatic heterocycles. The SMILES string of the molecule is C=C(C)c1cc(Nc2nc(N3CCC[C@H](NC(=O)OC(C)(C)C)C3)ncc2C(N)=O)cc2c1NC(=O)C21CCCCC1. The van der Waals surface area contributed by atoms with Gasteiger partial charge in [-0.3, -0.25) is 9.59 Å². The predicted molar refractivity (Wildman–Crippen MR) is 163 cm³/mol. The number of amides is 3. The number of fused-ring (bicyclic) bond motifs is 2. The number of allylic oxidation sites excluding steroid dienone is 1. The van der Waals surface area contributed by atoms with Gasteiger partial charge in [0, 0.05) is 36.6 Å². The van der Waals surface area contributed by atoms with Crippen LogP contribution in [-0.2, 0) is 14.9 Å². The first-order chi connectivity index (χ1) is 19.9. The number of rotatable bonds is 6. The largest absolute Gasteiger partial charge is 0.444 e. The van der Waals surface area contributed by atoms with Crippen molar-refractivity contribution in [3.8, 4) is 0 Å². The molecule has 1 atom stereocenters. The molecule has 11 nitrogen and oxygen atoms in total. The quantitative estimate of drug-likeness (QED) is 0.376. The van der Waals surface area contributed by atoms with E-state index in [1.807, 2.05) is 44.7 Å². The molecular weight excluding hydrogens is 534 g/mol. The molecule has 0 unspecified atom stereocenters. The molecule has 1 aliphatic carbocycles. The third-order valence-corrected chi connectivity index (χ3v) is 8.22. The number of hydrogen-bond acceptors (Lipinski definition) is 8. The van der Waals surface area contributed by atoms with Crippen LogP contribution >= 0.6 is 0 Å². The Morgan fingerprint density at radius 1 is 1.17 bits per heavy atom. The molecule has 1 aromatic carbocycles. The lowest BCUT2D eigenvalue weighted by Crippen LogP contribution is -2.49. The van der Waals surface area contributed by atoms with E-state index in [0.29, 0.717) is 24.7 Å². The number of benzene rings is 1. The van der Waals surface area contributed by atoms with Gasteiger partial charge in [0.1, 0.15) is 17.0 Å². The average Bonchev–Trinajstić information content (AvgIpc) is 3.17. The number of alkyl carbamates (subject to hydrolysis) is 1. The van der Waals surface area contributed by atoms with Crippen molar-refractivity contribution in [2.75, 3.05) is 28.6 Å². The summed E-state index contributed by atoms with van der Waals surface area (Å²) in [6, 6.07) is 3.76. The van der Waals surface area contributed by atoms with E-state index in [1.54, 1.807) is 0 Å². The fraction of sp³-hybridized carbons (Fsp3) is 0.516. The van der Waals surface area contributed by atoms with E-state index in [0.717, 1.165) is 67.3 Å². The summed E-state index contributed by atoms with van der Waals surface area (Å²) in [5.74, 6) is 0.0741. The van der Waals surface area contributed by atoms with Crippen LogP contribution < -0.4 is 26.6 Å². The van der Waals surface area contributed by atoms with Crippen molar-refractivity contribution in [1.29, 1.82) is 0 Å². The zero-order valence-corrected chi connectivity index (χ0v) is 24.9. The molecule has 0 radical (unpaired) electrons. The van der Waals surface area contributed by atoms with Crippen LogP contribution in [0.25, 0.3) is 5.57 Å². The molecule has 42 heavy (non-hydrogen) atoms. The van der Waals surface area contributed by atoms with Gasteiger partial charge in [-0.15, -0.1) is 0 Å². The number of ether oxygens (including phenoxy) is 1. The molecule has 1 spiro atoms. The predicted octanol–water partition coefficient (Wildman–Crippen LogP) is 5.00. The van der Waals surface area contributed by atoms with Gasteiger partial charge in [0.05, 0.1) is 11.1 Å². The highest BCUT2D eigenvalue weighted by Crippen LogP contribution is 2.50. The second-order valence-corrected chi connectivity index (χ2v) is 12.7. The van der Waals surface area contributed by atoms with Crippen molar-refractivity contribution < 1.29 is 19.1 Å². The topological polar surface area (TPSA) is 152 Å². The lowest BCUT2D eigenvalue weighted by atomic mass is 9.70. The third kappa shape index (κ3) is 5.91. The van der Waals surface area contributed by atoms with Crippen molar-refractivity contribution in [3.63, 3.8) is 0 Å². The van der Waals surface area contributed by atoms with E-state index in [-0.39, 0.29) is 23.3 Å². The number of carbonyl (C=O) groups excluding carboxylic acids is 3. The molecule has 3 aliphatic rings. The van der Waals surface area contributed by atoms with Crippen LogP contribution in [0.2, 0.25) is 0 Å². The molecule has 1 saturated heterocycles. The normalized spacial score (nSPS) is 19.6. The highest BCUT2D eigenvalue weighted by molar-refractivity contribution is 6.09. The molecule has 1 saturated carbocycles. The van der Waals surface area contributed by atoms with Crippen molar-refractivity contribution >= 4 is 46.6 Å². The van der Waals surface area contributed by atoms with Crippen LogP contribution in [0.3, 0.4) is 0 Å². The molecule has 5 N–H and O–H groups in total. The fourth-order valence-corrected chi connectivity index (χ4v) is 6.26. The van der Waals surface area contributed by atoms with E-state index < -0.39 is 23.0 Å². The van der Waals surface area contributed by atoms with Gasteiger partial charge < -0.3 is 31.3 Å². The van der Waals surface area contributed by atoms with Gasteiger partial charge in [-0.1, -0.05) is 25.8 Å². The molecular formula is C31H41N7O4. The second kappa shape index (κ2) is 11.3. The maximum absolute atomic E-state index is 13.3. The summed E-state index contributed by atoms with van der Waals surface area (Å²) >= 11 is 0. The Kier molecular flexibility index (Phi) is 7.87. The van der Waals surface area contributed by atoms with Gasteiger partial charge >= 0.3 is 6.09 Å². The standard InChI is InChI=1S/C31H41N7O4/c1-18(2)21-14-20(15-23-24(21)36-27(40)31(23)11-7-6-8-12-31)34-26-22(25(32)39)16-33-28(37-26)38-13-9-10-19(17-38)35-29(41)42-30(3,4)5/h14-16,19H,1,6-13,17H2,2-5H3,(H2,32,39)(H,35,41)(H,36,40)(H,33,34,37)/t19-/m0/s1. The highest BCUT2D eigenvalue weighted by atomic mass is 16.6. The number of aromatic nitrogens is 2. The molecule has 2 fully saturated rings. The second-order valence-electron chi connectivity index (χ2n) is 12.7. The summed E-state index contributed by atoms with van der Waals surface area (Å²) in [5.41, 5.74) is 8.83. The third-order valence-electron chi connectivity index (χ3n) is 8.22. The Bertz CT molecular complexity index is 1430. The van der Waals surface area contributed by atoms with Crippen LogP contribution in [0, 0.1) is 0 Å². The van der Waals surface area contributed by atoms with E-state index in [2.05, 4.69) is 27.5 Å². The summed E-state index contributed by atoms with van der Waals surface area (Å²) in [6.45, 7) is 12.7. The van der Waals surface area contributed by atoms with Crippen LogP contribution in [0.1, 0.15) is 94.1 Å². The van der Waals surface area contributed by atoms with Crippen molar-refractivity contribution in [1.82, 2.24) is 15.3 Å². The van der Waals surface area contributed by atoms with Crippen LogP contribution in [0.5, 0.6) is 0 Å². The summed E-state index contributed by atoms with van der Waals surface area (Å²) in [5, 5.41) is 9.40. The molecule has 3 heterocycles. The van der Waals surface area contributed by atoms with Crippen LogP contribution in [0.4, 0.5) is 27.9 Å². The molecule has 0 bridgehead atoms. The zero-order valence-electron chi connectivity index (χ0n) is 24.9. The Hall–Kier alpha value is -4.15.